The molecule has 5 heteroatoms. The average molecular weight is 279 g/mol. The van der Waals surface area contributed by atoms with Crippen LogP contribution in [0.1, 0.15) is 35.8 Å². The first kappa shape index (κ1) is 14.2. The smallest absolute Gasteiger partial charge is 0.251 e. The molecule has 0 aromatic carbocycles. The Bertz CT molecular complexity index is 422. The van der Waals surface area contributed by atoms with E-state index in [-0.39, 0.29) is 5.91 Å². The zero-order valence-corrected chi connectivity index (χ0v) is 12.3. The van der Waals surface area contributed by atoms with Crippen molar-refractivity contribution in [2.24, 2.45) is 0 Å². The fourth-order valence-electron chi connectivity index (χ4n) is 2.15. The van der Waals surface area contributed by atoms with Crippen LogP contribution in [-0.2, 0) is 6.42 Å². The molecule has 1 amide bonds. The van der Waals surface area contributed by atoms with Crippen LogP contribution in [0.4, 0.5) is 5.82 Å². The van der Waals surface area contributed by atoms with Gasteiger partial charge >= 0.3 is 0 Å². The molecule has 0 bridgehead atoms. The number of pyridine rings is 1. The molecule has 2 rings (SSSR count). The summed E-state index contributed by atoms with van der Waals surface area (Å²) >= 11 is 1.92. The molecule has 0 radical (unpaired) electrons. The van der Waals surface area contributed by atoms with Crippen LogP contribution in [-0.4, -0.2) is 35.5 Å². The Balaban J connectivity index is 2.08. The Morgan fingerprint density at radius 1 is 1.53 bits per heavy atom. The molecule has 104 valence electrons. The molecule has 1 aliphatic rings. The van der Waals surface area contributed by atoms with Crippen molar-refractivity contribution in [3.63, 3.8) is 0 Å². The van der Waals surface area contributed by atoms with Gasteiger partial charge in [-0.1, -0.05) is 6.92 Å². The topological polar surface area (TPSA) is 54.0 Å². The number of nitrogens with zero attached hydrogens (tertiary/aromatic N) is 1. The molecule has 2 N–H and O–H groups in total. The molecule has 1 aromatic rings. The van der Waals surface area contributed by atoms with Gasteiger partial charge in [-0.3, -0.25) is 4.79 Å². The van der Waals surface area contributed by atoms with E-state index in [0.29, 0.717) is 11.6 Å². The number of aryl methyl sites for hydroxylation is 1. The molecule has 2 heterocycles. The first-order valence-electron chi connectivity index (χ1n) is 6.80. The Labute approximate surface area is 118 Å². The number of aromatic nitrogens is 1. The van der Waals surface area contributed by atoms with E-state index in [9.17, 15) is 4.79 Å². The number of thioether (sulfide) groups is 1. The third-order valence-corrected chi connectivity index (χ3v) is 4.47. The first-order chi connectivity index (χ1) is 9.22. The molecule has 1 unspecified atom stereocenters. The summed E-state index contributed by atoms with van der Waals surface area (Å²) in [6.45, 7) is 2.04. The summed E-state index contributed by atoms with van der Waals surface area (Å²) in [5.74, 6) is 3.01. The molecular formula is C14H21N3OS. The highest BCUT2D eigenvalue weighted by molar-refractivity contribution is 7.99. The average Bonchev–Trinajstić information content (AvgIpc) is 2.47. The van der Waals surface area contributed by atoms with Gasteiger partial charge in [0.25, 0.3) is 5.91 Å². The highest BCUT2D eigenvalue weighted by Gasteiger charge is 2.17. The fourth-order valence-corrected chi connectivity index (χ4v) is 3.22. The Kier molecular flexibility index (Phi) is 5.07. The maximum Gasteiger partial charge on any atom is 0.251 e. The van der Waals surface area contributed by atoms with Crippen LogP contribution >= 0.6 is 11.8 Å². The van der Waals surface area contributed by atoms with E-state index in [1.54, 1.807) is 0 Å². The van der Waals surface area contributed by atoms with E-state index in [4.69, 9.17) is 0 Å². The van der Waals surface area contributed by atoms with Crippen LogP contribution < -0.4 is 10.6 Å². The number of nitrogens with one attached hydrogen (secondary N) is 2. The lowest BCUT2D eigenvalue weighted by molar-refractivity contribution is 0.0938. The molecule has 0 saturated carbocycles. The number of carbonyl (C=O) groups excluding carboxylic acids is 1. The van der Waals surface area contributed by atoms with Gasteiger partial charge in [0.2, 0.25) is 0 Å². The fraction of sp³-hybridized carbons (Fsp3) is 0.571. The van der Waals surface area contributed by atoms with E-state index in [1.807, 2.05) is 37.9 Å². The molecule has 0 aliphatic carbocycles. The number of anilines is 1. The third kappa shape index (κ3) is 3.86. The molecular weight excluding hydrogens is 258 g/mol. The van der Waals surface area contributed by atoms with Gasteiger partial charge in [-0.15, -0.1) is 0 Å². The second-order valence-electron chi connectivity index (χ2n) is 4.72. The van der Waals surface area contributed by atoms with Crippen molar-refractivity contribution in [1.82, 2.24) is 10.3 Å². The lowest BCUT2D eigenvalue weighted by Crippen LogP contribution is -2.38. The van der Waals surface area contributed by atoms with Crippen molar-refractivity contribution in [3.8, 4) is 0 Å². The summed E-state index contributed by atoms with van der Waals surface area (Å²) in [6.07, 6.45) is 3.10. The van der Waals surface area contributed by atoms with Crippen LogP contribution in [0.25, 0.3) is 0 Å². The minimum Gasteiger partial charge on any atom is -0.373 e. The Hall–Kier alpha value is -1.23. The van der Waals surface area contributed by atoms with Gasteiger partial charge in [0.1, 0.15) is 5.82 Å². The van der Waals surface area contributed by atoms with E-state index in [1.165, 1.54) is 12.2 Å². The van der Waals surface area contributed by atoms with Gasteiger partial charge in [0, 0.05) is 30.1 Å². The largest absolute Gasteiger partial charge is 0.373 e. The van der Waals surface area contributed by atoms with Gasteiger partial charge in [-0.25, -0.2) is 4.98 Å². The monoisotopic (exact) mass is 279 g/mol. The maximum atomic E-state index is 12.3. The Morgan fingerprint density at radius 3 is 3.00 bits per heavy atom. The molecule has 19 heavy (non-hydrogen) atoms. The van der Waals surface area contributed by atoms with Crippen LogP contribution in [0, 0.1) is 0 Å². The van der Waals surface area contributed by atoms with Crippen LogP contribution in [0.15, 0.2) is 12.1 Å². The Morgan fingerprint density at radius 2 is 2.37 bits per heavy atom. The van der Waals surface area contributed by atoms with Crippen molar-refractivity contribution >= 4 is 23.5 Å². The van der Waals surface area contributed by atoms with E-state index in [0.717, 1.165) is 30.1 Å². The maximum absolute atomic E-state index is 12.3. The highest BCUT2D eigenvalue weighted by Crippen LogP contribution is 2.18. The van der Waals surface area contributed by atoms with Crippen LogP contribution in [0.3, 0.4) is 0 Å². The van der Waals surface area contributed by atoms with E-state index >= 15 is 0 Å². The van der Waals surface area contributed by atoms with E-state index in [2.05, 4.69) is 15.6 Å². The molecule has 1 atom stereocenters. The highest BCUT2D eigenvalue weighted by atomic mass is 32.2. The SMILES string of the molecule is CCc1cc(C(=O)NC2CCCSC2)cc(NC)n1. The molecule has 1 saturated heterocycles. The van der Waals surface area contributed by atoms with Gasteiger partial charge in [0.05, 0.1) is 0 Å². The van der Waals surface area contributed by atoms with Crippen LogP contribution in [0.5, 0.6) is 0 Å². The zero-order chi connectivity index (χ0) is 13.7. The summed E-state index contributed by atoms with van der Waals surface area (Å²) in [4.78, 5) is 16.7. The lowest BCUT2D eigenvalue weighted by Gasteiger charge is -2.22. The van der Waals surface area contributed by atoms with Gasteiger partial charge in [0.15, 0.2) is 0 Å². The lowest BCUT2D eigenvalue weighted by atomic mass is 10.1. The summed E-state index contributed by atoms with van der Waals surface area (Å²) < 4.78 is 0. The predicted molar refractivity (Wildman–Crippen MR) is 81.0 cm³/mol. The van der Waals surface area contributed by atoms with Crippen molar-refractivity contribution in [1.29, 1.82) is 0 Å². The second-order valence-corrected chi connectivity index (χ2v) is 5.87. The standard InChI is InChI=1S/C14H21N3OS/c1-3-11-7-10(8-13(15-2)16-11)14(18)17-12-5-4-6-19-9-12/h7-8,12H,3-6,9H2,1-2H3,(H,15,16)(H,17,18). The summed E-state index contributed by atoms with van der Waals surface area (Å²) in [7, 11) is 1.82. The van der Waals surface area contributed by atoms with Gasteiger partial charge in [-0.05, 0) is 37.1 Å². The normalized spacial score (nSPS) is 18.9. The van der Waals surface area contributed by atoms with Crippen LogP contribution in [0.2, 0.25) is 0 Å². The predicted octanol–water partition coefficient (Wildman–Crippen LogP) is 2.31. The number of carbonyl (C=O) groups is 1. The zero-order valence-electron chi connectivity index (χ0n) is 11.5. The number of rotatable bonds is 4. The molecule has 1 aliphatic heterocycles. The van der Waals surface area contributed by atoms with E-state index < -0.39 is 0 Å². The summed E-state index contributed by atoms with van der Waals surface area (Å²) in [5, 5.41) is 6.13. The number of amides is 1. The summed E-state index contributed by atoms with van der Waals surface area (Å²) in [6, 6.07) is 4.00. The summed E-state index contributed by atoms with van der Waals surface area (Å²) in [5.41, 5.74) is 1.64. The van der Waals surface area contributed by atoms with Crippen molar-refractivity contribution < 1.29 is 4.79 Å². The first-order valence-corrected chi connectivity index (χ1v) is 7.95. The second kappa shape index (κ2) is 6.80. The van der Waals surface area contributed by atoms with Gasteiger partial charge in [-0.2, -0.15) is 11.8 Å². The minimum absolute atomic E-state index is 0.0149. The number of hydrogen-bond donors (Lipinski definition) is 2. The quantitative estimate of drug-likeness (QED) is 0.888. The van der Waals surface area contributed by atoms with Crippen molar-refractivity contribution in [2.45, 2.75) is 32.2 Å². The van der Waals surface area contributed by atoms with Crippen molar-refractivity contribution in [2.75, 3.05) is 23.9 Å². The minimum atomic E-state index is 0.0149. The molecule has 4 nitrogen and oxygen atoms in total. The molecule has 1 aromatic heterocycles. The molecule has 0 spiro atoms. The third-order valence-electron chi connectivity index (χ3n) is 3.25. The van der Waals surface area contributed by atoms with Crippen molar-refractivity contribution in [3.05, 3.63) is 23.4 Å². The molecule has 1 fully saturated rings. The number of hydrogen-bond acceptors (Lipinski definition) is 4. The van der Waals surface area contributed by atoms with Gasteiger partial charge < -0.3 is 10.6 Å².